The number of aryl methyl sites for hydroxylation is 1. The number of rotatable bonds is 1. The van der Waals surface area contributed by atoms with Crippen LogP contribution in [0.2, 0.25) is 10.4 Å². The molecule has 0 bridgehead atoms. The molecule has 0 aliphatic heterocycles. The van der Waals surface area contributed by atoms with Crippen LogP contribution in [0.25, 0.3) is 0 Å². The average Bonchev–Trinajstić information content (AvgIpc) is 1.96. The Labute approximate surface area is 84.8 Å². The van der Waals surface area contributed by atoms with Crippen molar-refractivity contribution < 1.29 is 9.53 Å². The SMILES string of the molecule is CC(=O)Oc1c(C)nc(Cl)nc1Cl. The summed E-state index contributed by atoms with van der Waals surface area (Å²) in [7, 11) is 0. The van der Waals surface area contributed by atoms with Gasteiger partial charge in [-0.05, 0) is 18.5 Å². The fourth-order valence-electron chi connectivity index (χ4n) is 0.755. The summed E-state index contributed by atoms with van der Waals surface area (Å²) in [6.45, 7) is 2.89. The molecule has 0 saturated carbocycles. The van der Waals surface area contributed by atoms with Crippen LogP contribution in [0.1, 0.15) is 12.6 Å². The van der Waals surface area contributed by atoms with E-state index in [0.29, 0.717) is 5.69 Å². The van der Waals surface area contributed by atoms with Crippen LogP contribution in [0.5, 0.6) is 5.75 Å². The predicted molar refractivity (Wildman–Crippen MR) is 48.1 cm³/mol. The molecule has 13 heavy (non-hydrogen) atoms. The van der Waals surface area contributed by atoms with Gasteiger partial charge >= 0.3 is 5.97 Å². The van der Waals surface area contributed by atoms with E-state index in [9.17, 15) is 4.79 Å². The van der Waals surface area contributed by atoms with E-state index in [4.69, 9.17) is 27.9 Å². The molecule has 0 radical (unpaired) electrons. The minimum atomic E-state index is -0.476. The Kier molecular flexibility index (Phi) is 3.06. The van der Waals surface area contributed by atoms with Crippen molar-refractivity contribution >= 4 is 29.2 Å². The Morgan fingerprint density at radius 1 is 1.38 bits per heavy atom. The summed E-state index contributed by atoms with van der Waals surface area (Å²) in [6, 6.07) is 0. The lowest BCUT2D eigenvalue weighted by Crippen LogP contribution is -2.05. The third-order valence-corrected chi connectivity index (χ3v) is 1.64. The predicted octanol–water partition coefficient (Wildman–Crippen LogP) is 2.02. The summed E-state index contributed by atoms with van der Waals surface area (Å²) in [4.78, 5) is 18.0. The summed E-state index contributed by atoms with van der Waals surface area (Å²) < 4.78 is 4.78. The van der Waals surface area contributed by atoms with Gasteiger partial charge < -0.3 is 4.74 Å². The van der Waals surface area contributed by atoms with Crippen molar-refractivity contribution in [1.82, 2.24) is 9.97 Å². The lowest BCUT2D eigenvalue weighted by molar-refractivity contribution is -0.131. The minimum Gasteiger partial charge on any atom is -0.421 e. The molecule has 70 valence electrons. The van der Waals surface area contributed by atoms with Crippen LogP contribution >= 0.6 is 23.2 Å². The molecule has 1 aromatic rings. The topological polar surface area (TPSA) is 52.1 Å². The first-order chi connectivity index (χ1) is 6.00. The summed E-state index contributed by atoms with van der Waals surface area (Å²) in [5.41, 5.74) is 0.431. The fourth-order valence-corrected chi connectivity index (χ4v) is 1.26. The molecule has 4 nitrogen and oxygen atoms in total. The molecule has 0 amide bonds. The maximum atomic E-state index is 10.6. The maximum absolute atomic E-state index is 10.6. The van der Waals surface area contributed by atoms with Crippen molar-refractivity contribution in [3.05, 3.63) is 16.1 Å². The van der Waals surface area contributed by atoms with E-state index in [1.165, 1.54) is 6.92 Å². The minimum absolute atomic E-state index is 0.0263. The van der Waals surface area contributed by atoms with Crippen molar-refractivity contribution in [2.24, 2.45) is 0 Å². The Hall–Kier alpha value is -0.870. The van der Waals surface area contributed by atoms with E-state index in [1.807, 2.05) is 0 Å². The summed E-state index contributed by atoms with van der Waals surface area (Å²) in [5.74, 6) is -0.325. The lowest BCUT2D eigenvalue weighted by Gasteiger charge is -2.05. The molecule has 0 unspecified atom stereocenters. The molecular formula is C7H6Cl2N2O2. The van der Waals surface area contributed by atoms with Gasteiger partial charge in [0.25, 0.3) is 0 Å². The number of esters is 1. The molecule has 0 atom stereocenters. The van der Waals surface area contributed by atoms with Gasteiger partial charge in [0, 0.05) is 6.92 Å². The molecule has 0 aliphatic carbocycles. The van der Waals surface area contributed by atoms with E-state index in [-0.39, 0.29) is 16.2 Å². The third kappa shape index (κ3) is 2.54. The first-order valence-electron chi connectivity index (χ1n) is 3.38. The highest BCUT2D eigenvalue weighted by Gasteiger charge is 2.11. The van der Waals surface area contributed by atoms with E-state index >= 15 is 0 Å². The lowest BCUT2D eigenvalue weighted by atomic mass is 10.4. The number of nitrogens with zero attached hydrogens (tertiary/aromatic N) is 2. The van der Waals surface area contributed by atoms with Crippen LogP contribution in [-0.4, -0.2) is 15.9 Å². The van der Waals surface area contributed by atoms with Crippen LogP contribution in [0.15, 0.2) is 0 Å². The second kappa shape index (κ2) is 3.89. The molecule has 0 saturated heterocycles. The van der Waals surface area contributed by atoms with Gasteiger partial charge in [0.2, 0.25) is 5.28 Å². The van der Waals surface area contributed by atoms with Crippen molar-refractivity contribution in [2.45, 2.75) is 13.8 Å². The third-order valence-electron chi connectivity index (χ3n) is 1.21. The fraction of sp³-hybridized carbons (Fsp3) is 0.286. The quantitative estimate of drug-likeness (QED) is 0.413. The molecule has 1 heterocycles. The standard InChI is InChI=1S/C7H6Cl2N2O2/c1-3-5(13-4(2)12)6(8)11-7(9)10-3/h1-2H3. The highest BCUT2D eigenvalue weighted by atomic mass is 35.5. The summed E-state index contributed by atoms with van der Waals surface area (Å²) in [6.07, 6.45) is 0. The van der Waals surface area contributed by atoms with E-state index in [1.54, 1.807) is 6.92 Å². The molecule has 0 spiro atoms. The van der Waals surface area contributed by atoms with E-state index in [0.717, 1.165) is 0 Å². The maximum Gasteiger partial charge on any atom is 0.308 e. The van der Waals surface area contributed by atoms with Crippen LogP contribution in [-0.2, 0) is 4.79 Å². The number of aromatic nitrogens is 2. The van der Waals surface area contributed by atoms with Crippen LogP contribution in [0.4, 0.5) is 0 Å². The van der Waals surface area contributed by atoms with Crippen molar-refractivity contribution in [2.75, 3.05) is 0 Å². The summed E-state index contributed by atoms with van der Waals surface area (Å²) >= 11 is 11.2. The van der Waals surface area contributed by atoms with Gasteiger partial charge in [-0.2, -0.15) is 0 Å². The second-order valence-electron chi connectivity index (χ2n) is 2.29. The smallest absolute Gasteiger partial charge is 0.308 e. The van der Waals surface area contributed by atoms with Gasteiger partial charge in [0.15, 0.2) is 10.9 Å². The van der Waals surface area contributed by atoms with Crippen LogP contribution < -0.4 is 4.74 Å². The number of halogens is 2. The molecule has 0 aromatic carbocycles. The van der Waals surface area contributed by atoms with Gasteiger partial charge in [-0.15, -0.1) is 0 Å². The molecular weight excluding hydrogens is 215 g/mol. The Morgan fingerprint density at radius 2 is 2.00 bits per heavy atom. The Balaban J connectivity index is 3.13. The van der Waals surface area contributed by atoms with Crippen molar-refractivity contribution in [3.8, 4) is 5.75 Å². The Morgan fingerprint density at radius 3 is 2.46 bits per heavy atom. The molecule has 0 aliphatic rings. The van der Waals surface area contributed by atoms with Crippen molar-refractivity contribution in [3.63, 3.8) is 0 Å². The van der Waals surface area contributed by atoms with Crippen LogP contribution in [0, 0.1) is 6.92 Å². The first-order valence-corrected chi connectivity index (χ1v) is 4.14. The highest BCUT2D eigenvalue weighted by molar-refractivity contribution is 6.32. The zero-order valence-electron chi connectivity index (χ0n) is 6.97. The number of carbonyl (C=O) groups excluding carboxylic acids is 1. The van der Waals surface area contributed by atoms with E-state index < -0.39 is 5.97 Å². The molecule has 0 N–H and O–H groups in total. The number of hydrogen-bond donors (Lipinski definition) is 0. The second-order valence-corrected chi connectivity index (χ2v) is 2.99. The monoisotopic (exact) mass is 220 g/mol. The molecule has 1 rings (SSSR count). The number of carbonyl (C=O) groups is 1. The van der Waals surface area contributed by atoms with Gasteiger partial charge in [0.1, 0.15) is 0 Å². The number of ether oxygens (including phenoxy) is 1. The van der Waals surface area contributed by atoms with Gasteiger partial charge in [-0.3, -0.25) is 4.79 Å². The van der Waals surface area contributed by atoms with E-state index in [2.05, 4.69) is 9.97 Å². The summed E-state index contributed by atoms with van der Waals surface area (Å²) in [5, 5.41) is 0.0612. The molecule has 0 fully saturated rings. The normalized spacial score (nSPS) is 9.85. The Bertz CT molecular complexity index is 331. The zero-order chi connectivity index (χ0) is 10.0. The average molecular weight is 221 g/mol. The van der Waals surface area contributed by atoms with Gasteiger partial charge in [0.05, 0.1) is 5.69 Å². The largest absolute Gasteiger partial charge is 0.421 e. The van der Waals surface area contributed by atoms with Gasteiger partial charge in [-0.25, -0.2) is 9.97 Å². The first kappa shape index (κ1) is 10.2. The molecule has 1 aromatic heterocycles. The van der Waals surface area contributed by atoms with Crippen molar-refractivity contribution in [1.29, 1.82) is 0 Å². The van der Waals surface area contributed by atoms with Gasteiger partial charge in [-0.1, -0.05) is 11.6 Å². The number of hydrogen-bond acceptors (Lipinski definition) is 4. The highest BCUT2D eigenvalue weighted by Crippen LogP contribution is 2.26. The zero-order valence-corrected chi connectivity index (χ0v) is 8.48. The molecule has 6 heteroatoms. The van der Waals surface area contributed by atoms with Crippen LogP contribution in [0.3, 0.4) is 0 Å².